The van der Waals surface area contributed by atoms with Gasteiger partial charge in [-0.15, -0.1) is 6.54 Å². The fraction of sp³-hybridized carbons (Fsp3) is 0.353. The summed E-state index contributed by atoms with van der Waals surface area (Å²) in [6.07, 6.45) is -3.45. The molecule has 0 fully saturated rings. The number of aromatic carboxylic acids is 1. The van der Waals surface area contributed by atoms with E-state index in [1.165, 1.54) is 24.3 Å². The van der Waals surface area contributed by atoms with E-state index < -0.39 is 17.7 Å². The second-order valence-electron chi connectivity index (χ2n) is 5.45. The highest BCUT2D eigenvalue weighted by atomic mass is 19.4. The Balaban J connectivity index is 0.000000381. The lowest BCUT2D eigenvalue weighted by molar-refractivity contribution is -0.137. The van der Waals surface area contributed by atoms with Crippen molar-refractivity contribution < 1.29 is 27.5 Å². The fourth-order valence-corrected chi connectivity index (χ4v) is 1.85. The quantitative estimate of drug-likeness (QED) is 0.845. The average Bonchev–Trinajstić information content (AvgIpc) is 3.03. The van der Waals surface area contributed by atoms with Crippen LogP contribution in [0.5, 0.6) is 0 Å². The molecule has 138 valence electrons. The van der Waals surface area contributed by atoms with Gasteiger partial charge in [0.05, 0.1) is 5.56 Å². The van der Waals surface area contributed by atoms with Crippen LogP contribution in [0.25, 0.3) is 17.1 Å². The molecule has 0 unspecified atom stereocenters. The first-order valence-corrected chi connectivity index (χ1v) is 7.45. The van der Waals surface area contributed by atoms with E-state index in [2.05, 4.69) is 4.90 Å². The zero-order chi connectivity index (χ0) is 19.0. The number of hydrogen-bond acceptors (Lipinski definition) is 3. The van der Waals surface area contributed by atoms with Crippen molar-refractivity contribution in [1.29, 1.82) is 0 Å². The standard InChI is InChI=1S/C12H7F3O3.C5H13N2/c13-12(14,15)8-3-1-2-7(6-8)9-4-5-10(18-9)11(16)17;1-7(2)5-3-4-6/h1-6H,(H,16,17);6H,3-5H2,1-2H3/q;-1. The van der Waals surface area contributed by atoms with E-state index in [9.17, 15) is 18.0 Å². The summed E-state index contributed by atoms with van der Waals surface area (Å²) in [5.41, 5.74) is 6.14. The van der Waals surface area contributed by atoms with Crippen molar-refractivity contribution in [2.75, 3.05) is 27.2 Å². The summed E-state index contributed by atoms with van der Waals surface area (Å²) in [4.78, 5) is 12.7. The molecule has 1 aromatic heterocycles. The maximum absolute atomic E-state index is 12.5. The molecule has 0 radical (unpaired) electrons. The monoisotopic (exact) mass is 357 g/mol. The highest BCUT2D eigenvalue weighted by Crippen LogP contribution is 2.32. The Morgan fingerprint density at radius 1 is 1.24 bits per heavy atom. The maximum Gasteiger partial charge on any atom is 0.416 e. The number of benzene rings is 1. The van der Waals surface area contributed by atoms with E-state index in [0.717, 1.165) is 25.1 Å². The normalized spacial score (nSPS) is 11.2. The number of carboxylic acid groups (broad SMARTS) is 1. The van der Waals surface area contributed by atoms with E-state index in [-0.39, 0.29) is 17.1 Å². The number of hydrogen-bond donors (Lipinski definition) is 1. The van der Waals surface area contributed by atoms with Gasteiger partial charge < -0.3 is 20.2 Å². The lowest BCUT2D eigenvalue weighted by atomic mass is 10.1. The number of rotatable bonds is 5. The van der Waals surface area contributed by atoms with E-state index in [0.29, 0.717) is 6.54 Å². The lowest BCUT2D eigenvalue weighted by Crippen LogP contribution is -2.13. The third-order valence-electron chi connectivity index (χ3n) is 3.07. The molecule has 5 nitrogen and oxygen atoms in total. The Kier molecular flexibility index (Phi) is 7.66. The largest absolute Gasteiger partial charge is 0.677 e. The molecule has 25 heavy (non-hydrogen) atoms. The van der Waals surface area contributed by atoms with E-state index in [1.54, 1.807) is 0 Å². The van der Waals surface area contributed by atoms with Crippen LogP contribution in [-0.2, 0) is 6.18 Å². The van der Waals surface area contributed by atoms with E-state index >= 15 is 0 Å². The Bertz CT molecular complexity index is 682. The third-order valence-corrected chi connectivity index (χ3v) is 3.07. The van der Waals surface area contributed by atoms with Gasteiger partial charge in [0.15, 0.2) is 0 Å². The van der Waals surface area contributed by atoms with Crippen molar-refractivity contribution in [2.45, 2.75) is 12.6 Å². The predicted molar refractivity (Wildman–Crippen MR) is 88.5 cm³/mol. The van der Waals surface area contributed by atoms with Crippen molar-refractivity contribution in [3.05, 3.63) is 53.5 Å². The van der Waals surface area contributed by atoms with E-state index in [4.69, 9.17) is 15.3 Å². The molecule has 0 bridgehead atoms. The second kappa shape index (κ2) is 9.24. The van der Waals surface area contributed by atoms with Gasteiger partial charge in [-0.3, -0.25) is 0 Å². The van der Waals surface area contributed by atoms with Crippen LogP contribution in [0.2, 0.25) is 0 Å². The van der Waals surface area contributed by atoms with Gasteiger partial charge in [0.1, 0.15) is 5.76 Å². The topological polar surface area (TPSA) is 77.5 Å². The molecule has 1 aromatic carbocycles. The highest BCUT2D eigenvalue weighted by molar-refractivity contribution is 5.85. The maximum atomic E-state index is 12.5. The van der Waals surface area contributed by atoms with Crippen LogP contribution in [0.3, 0.4) is 0 Å². The summed E-state index contributed by atoms with van der Waals surface area (Å²) in [6.45, 7) is 1.60. The lowest BCUT2D eigenvalue weighted by Gasteiger charge is -2.08. The summed E-state index contributed by atoms with van der Waals surface area (Å²) in [5, 5.41) is 8.66. The zero-order valence-electron chi connectivity index (χ0n) is 13.9. The predicted octanol–water partition coefficient (Wildman–Crippen LogP) is 4.65. The van der Waals surface area contributed by atoms with Crippen molar-refractivity contribution in [2.24, 2.45) is 0 Å². The van der Waals surface area contributed by atoms with Crippen molar-refractivity contribution in [3.63, 3.8) is 0 Å². The number of halogens is 3. The molecule has 0 aliphatic rings. The molecular formula is C17H20F3N2O3-. The van der Waals surface area contributed by atoms with Crippen molar-refractivity contribution >= 4 is 5.97 Å². The van der Waals surface area contributed by atoms with Gasteiger partial charge in [0.2, 0.25) is 5.76 Å². The number of carbonyl (C=O) groups is 1. The molecule has 0 spiro atoms. The minimum atomic E-state index is -4.45. The van der Waals surface area contributed by atoms with Crippen LogP contribution in [-0.4, -0.2) is 43.2 Å². The van der Waals surface area contributed by atoms with Gasteiger partial charge in [-0.05, 0) is 44.9 Å². The first-order valence-electron chi connectivity index (χ1n) is 7.45. The summed E-state index contributed by atoms with van der Waals surface area (Å²) >= 11 is 0. The SMILES string of the molecule is CN(C)CCC[NH-].O=C(O)c1ccc(-c2cccc(C(F)(F)F)c2)o1. The molecule has 0 atom stereocenters. The third kappa shape index (κ3) is 6.98. The molecular weight excluding hydrogens is 337 g/mol. The fourth-order valence-electron chi connectivity index (χ4n) is 1.85. The number of nitrogens with zero attached hydrogens (tertiary/aromatic N) is 1. The van der Waals surface area contributed by atoms with Gasteiger partial charge >= 0.3 is 12.1 Å². The van der Waals surface area contributed by atoms with Gasteiger partial charge in [-0.1, -0.05) is 18.6 Å². The van der Waals surface area contributed by atoms with Gasteiger partial charge in [0.25, 0.3) is 0 Å². The molecule has 2 N–H and O–H groups in total. The average molecular weight is 357 g/mol. The molecule has 0 aliphatic heterocycles. The number of alkyl halides is 3. The molecule has 8 heteroatoms. The molecule has 0 saturated carbocycles. The van der Waals surface area contributed by atoms with Crippen LogP contribution in [0, 0.1) is 0 Å². The Hall–Kier alpha value is -2.32. The van der Waals surface area contributed by atoms with Crippen LogP contribution < -0.4 is 0 Å². The van der Waals surface area contributed by atoms with Crippen molar-refractivity contribution in [1.82, 2.24) is 4.90 Å². The van der Waals surface area contributed by atoms with Gasteiger partial charge in [0, 0.05) is 5.56 Å². The molecule has 1 heterocycles. The van der Waals surface area contributed by atoms with Gasteiger partial charge in [-0.2, -0.15) is 13.2 Å². The Morgan fingerprint density at radius 3 is 2.36 bits per heavy atom. The zero-order valence-corrected chi connectivity index (χ0v) is 13.9. The van der Waals surface area contributed by atoms with E-state index in [1.807, 2.05) is 14.1 Å². The summed E-state index contributed by atoms with van der Waals surface area (Å²) in [6, 6.07) is 7.01. The molecule has 0 saturated heterocycles. The van der Waals surface area contributed by atoms with Crippen molar-refractivity contribution in [3.8, 4) is 11.3 Å². The summed E-state index contributed by atoms with van der Waals surface area (Å²) in [5.74, 6) is -1.51. The number of carboxylic acids is 1. The summed E-state index contributed by atoms with van der Waals surface area (Å²) < 4.78 is 42.4. The van der Waals surface area contributed by atoms with Crippen LogP contribution >= 0.6 is 0 Å². The van der Waals surface area contributed by atoms with Crippen LogP contribution in [0.15, 0.2) is 40.8 Å². The minimum Gasteiger partial charge on any atom is -0.677 e. The number of nitrogens with one attached hydrogen (secondary N) is 1. The van der Waals surface area contributed by atoms with Gasteiger partial charge in [-0.25, -0.2) is 4.79 Å². The second-order valence-corrected chi connectivity index (χ2v) is 5.45. The first-order chi connectivity index (χ1) is 11.6. The first kappa shape index (κ1) is 20.7. The Labute approximate surface area is 143 Å². The number of furan rings is 1. The molecule has 0 amide bonds. The molecule has 0 aliphatic carbocycles. The highest BCUT2D eigenvalue weighted by Gasteiger charge is 2.30. The van der Waals surface area contributed by atoms with Crippen LogP contribution in [0.4, 0.5) is 13.2 Å². The Morgan fingerprint density at radius 2 is 1.92 bits per heavy atom. The minimum absolute atomic E-state index is 0.0819. The summed E-state index contributed by atoms with van der Waals surface area (Å²) in [7, 11) is 4.05. The smallest absolute Gasteiger partial charge is 0.416 e. The molecule has 2 rings (SSSR count). The molecule has 2 aromatic rings. The van der Waals surface area contributed by atoms with Crippen LogP contribution in [0.1, 0.15) is 22.5 Å².